The van der Waals surface area contributed by atoms with Crippen molar-refractivity contribution < 1.29 is 23.9 Å². The Balaban J connectivity index is 2.51. The molecule has 1 atom stereocenters. The summed E-state index contributed by atoms with van der Waals surface area (Å²) in [5.41, 5.74) is 0.176. The van der Waals surface area contributed by atoms with Crippen molar-refractivity contribution in [1.82, 2.24) is 5.32 Å². The average Bonchev–Trinajstić information content (AvgIpc) is 2.51. The maximum Gasteiger partial charge on any atom is 0.412 e. The second kappa shape index (κ2) is 9.05. The van der Waals surface area contributed by atoms with Gasteiger partial charge in [0, 0.05) is 11.7 Å². The minimum absolute atomic E-state index is 0.0319. The molecule has 0 aliphatic heterocycles. The summed E-state index contributed by atoms with van der Waals surface area (Å²) in [6.45, 7) is 8.79. The number of anilines is 1. The van der Waals surface area contributed by atoms with E-state index in [1.54, 1.807) is 32.9 Å². The lowest BCUT2D eigenvalue weighted by molar-refractivity contribution is -0.124. The van der Waals surface area contributed by atoms with Gasteiger partial charge in [-0.05, 0) is 58.4 Å². The van der Waals surface area contributed by atoms with E-state index in [1.807, 2.05) is 13.8 Å². The molecule has 25 heavy (non-hydrogen) atoms. The summed E-state index contributed by atoms with van der Waals surface area (Å²) >= 11 is 0. The molecule has 0 bridgehead atoms. The van der Waals surface area contributed by atoms with Crippen molar-refractivity contribution >= 4 is 23.7 Å². The highest BCUT2D eigenvalue weighted by Crippen LogP contribution is 2.13. The van der Waals surface area contributed by atoms with Crippen LogP contribution >= 0.6 is 0 Å². The molecule has 7 heteroatoms. The number of hydrogen-bond acceptors (Lipinski definition) is 5. The maximum absolute atomic E-state index is 11.9. The first-order chi connectivity index (χ1) is 11.6. The number of carbonyl (C=O) groups excluding carboxylic acids is 3. The summed E-state index contributed by atoms with van der Waals surface area (Å²) in [6, 6.07) is 6.15. The lowest BCUT2D eigenvalue weighted by atomic mass is 10.2. The SMILES string of the molecule is CC[C@@H](C)NC(=O)COC(=O)c1ccc(NC(=O)OC(C)(C)C)cc1. The number of rotatable bonds is 6. The number of amides is 2. The van der Waals surface area contributed by atoms with Crippen LogP contribution in [0.2, 0.25) is 0 Å². The highest BCUT2D eigenvalue weighted by Gasteiger charge is 2.16. The zero-order valence-electron chi connectivity index (χ0n) is 15.3. The van der Waals surface area contributed by atoms with E-state index in [0.29, 0.717) is 5.69 Å². The second-order valence-electron chi connectivity index (χ2n) is 6.66. The maximum atomic E-state index is 11.9. The predicted molar refractivity (Wildman–Crippen MR) is 94.5 cm³/mol. The fourth-order valence-electron chi connectivity index (χ4n) is 1.74. The number of esters is 1. The van der Waals surface area contributed by atoms with E-state index in [2.05, 4.69) is 10.6 Å². The van der Waals surface area contributed by atoms with Crippen molar-refractivity contribution in [3.63, 3.8) is 0 Å². The molecule has 0 aliphatic carbocycles. The molecule has 7 nitrogen and oxygen atoms in total. The Hall–Kier alpha value is -2.57. The van der Waals surface area contributed by atoms with Gasteiger partial charge >= 0.3 is 12.1 Å². The van der Waals surface area contributed by atoms with Gasteiger partial charge < -0.3 is 14.8 Å². The van der Waals surface area contributed by atoms with Crippen LogP contribution in [0.15, 0.2) is 24.3 Å². The molecule has 0 unspecified atom stereocenters. The molecule has 0 radical (unpaired) electrons. The Labute approximate surface area is 148 Å². The molecule has 0 heterocycles. The molecule has 2 N–H and O–H groups in total. The van der Waals surface area contributed by atoms with Gasteiger partial charge in [-0.3, -0.25) is 10.1 Å². The second-order valence-corrected chi connectivity index (χ2v) is 6.66. The highest BCUT2D eigenvalue weighted by atomic mass is 16.6. The molecule has 138 valence electrons. The molecule has 2 amide bonds. The molecule has 0 aliphatic rings. The number of nitrogens with one attached hydrogen (secondary N) is 2. The monoisotopic (exact) mass is 350 g/mol. The van der Waals surface area contributed by atoms with Gasteiger partial charge in [0.2, 0.25) is 0 Å². The normalized spacial score (nSPS) is 12.0. The van der Waals surface area contributed by atoms with Crippen molar-refractivity contribution in [3.8, 4) is 0 Å². The smallest absolute Gasteiger partial charge is 0.412 e. The number of carbonyl (C=O) groups is 3. The molecule has 0 spiro atoms. The van der Waals surface area contributed by atoms with E-state index in [1.165, 1.54) is 12.1 Å². The zero-order valence-corrected chi connectivity index (χ0v) is 15.3. The standard InChI is InChI=1S/C18H26N2O5/c1-6-12(2)19-15(21)11-24-16(22)13-7-9-14(10-8-13)20-17(23)25-18(3,4)5/h7-10,12H,6,11H2,1-5H3,(H,19,21)(H,20,23)/t12-/m1/s1. The van der Waals surface area contributed by atoms with Crippen LogP contribution in [-0.2, 0) is 14.3 Å². The Morgan fingerprint density at radius 3 is 2.24 bits per heavy atom. The van der Waals surface area contributed by atoms with Crippen molar-refractivity contribution in [2.75, 3.05) is 11.9 Å². The van der Waals surface area contributed by atoms with Crippen molar-refractivity contribution in [1.29, 1.82) is 0 Å². The molecular weight excluding hydrogens is 324 g/mol. The summed E-state index contributed by atoms with van der Waals surface area (Å²) in [4.78, 5) is 35.2. The Bertz CT molecular complexity index is 605. The van der Waals surface area contributed by atoms with Crippen molar-refractivity contribution in [2.24, 2.45) is 0 Å². The first-order valence-corrected chi connectivity index (χ1v) is 8.17. The number of hydrogen-bond donors (Lipinski definition) is 2. The molecule has 0 fully saturated rings. The van der Waals surface area contributed by atoms with Crippen LogP contribution in [0.4, 0.5) is 10.5 Å². The van der Waals surface area contributed by atoms with Gasteiger partial charge in [0.25, 0.3) is 5.91 Å². The van der Waals surface area contributed by atoms with Crippen LogP contribution < -0.4 is 10.6 Å². The molecule has 1 aromatic carbocycles. The van der Waals surface area contributed by atoms with Crippen LogP contribution in [-0.4, -0.2) is 36.2 Å². The third kappa shape index (κ3) is 8.19. The van der Waals surface area contributed by atoms with E-state index in [-0.39, 0.29) is 24.1 Å². The topological polar surface area (TPSA) is 93.7 Å². The van der Waals surface area contributed by atoms with E-state index in [9.17, 15) is 14.4 Å². The molecular formula is C18H26N2O5. The number of ether oxygens (including phenoxy) is 2. The van der Waals surface area contributed by atoms with Gasteiger partial charge in [-0.15, -0.1) is 0 Å². The lowest BCUT2D eigenvalue weighted by Gasteiger charge is -2.19. The van der Waals surface area contributed by atoms with Gasteiger partial charge in [-0.25, -0.2) is 9.59 Å². The fraction of sp³-hybridized carbons (Fsp3) is 0.500. The van der Waals surface area contributed by atoms with Crippen LogP contribution in [0, 0.1) is 0 Å². The van der Waals surface area contributed by atoms with Crippen LogP contribution in [0.5, 0.6) is 0 Å². The van der Waals surface area contributed by atoms with Crippen LogP contribution in [0.3, 0.4) is 0 Å². The van der Waals surface area contributed by atoms with Crippen LogP contribution in [0.25, 0.3) is 0 Å². The summed E-state index contributed by atoms with van der Waals surface area (Å²) < 4.78 is 10.1. The van der Waals surface area contributed by atoms with E-state index >= 15 is 0 Å². The Morgan fingerprint density at radius 2 is 1.72 bits per heavy atom. The summed E-state index contributed by atoms with van der Waals surface area (Å²) in [7, 11) is 0. The zero-order chi connectivity index (χ0) is 19.0. The highest BCUT2D eigenvalue weighted by molar-refractivity contribution is 5.92. The predicted octanol–water partition coefficient (Wildman–Crippen LogP) is 3.11. The Morgan fingerprint density at radius 1 is 1.12 bits per heavy atom. The van der Waals surface area contributed by atoms with Crippen molar-refractivity contribution in [2.45, 2.75) is 52.7 Å². The van der Waals surface area contributed by atoms with Crippen molar-refractivity contribution in [3.05, 3.63) is 29.8 Å². The third-order valence-electron chi connectivity index (χ3n) is 3.12. The minimum atomic E-state index is -0.608. The Kier molecular flexibility index (Phi) is 7.42. The first-order valence-electron chi connectivity index (χ1n) is 8.17. The number of benzene rings is 1. The van der Waals surface area contributed by atoms with E-state index in [0.717, 1.165) is 6.42 Å². The van der Waals surface area contributed by atoms with E-state index in [4.69, 9.17) is 9.47 Å². The van der Waals surface area contributed by atoms with Gasteiger partial charge in [0.05, 0.1) is 5.56 Å². The van der Waals surface area contributed by atoms with Gasteiger partial charge in [0.1, 0.15) is 5.60 Å². The molecule has 0 saturated carbocycles. The van der Waals surface area contributed by atoms with Crippen LogP contribution in [0.1, 0.15) is 51.4 Å². The van der Waals surface area contributed by atoms with Gasteiger partial charge in [0.15, 0.2) is 6.61 Å². The average molecular weight is 350 g/mol. The lowest BCUT2D eigenvalue weighted by Crippen LogP contribution is -2.35. The summed E-state index contributed by atoms with van der Waals surface area (Å²) in [5.74, 6) is -0.950. The minimum Gasteiger partial charge on any atom is -0.452 e. The molecule has 0 aromatic heterocycles. The summed E-state index contributed by atoms with van der Waals surface area (Å²) in [6.07, 6.45) is 0.218. The molecule has 1 rings (SSSR count). The van der Waals surface area contributed by atoms with Gasteiger partial charge in [-0.2, -0.15) is 0 Å². The largest absolute Gasteiger partial charge is 0.452 e. The first kappa shape index (κ1) is 20.5. The molecule has 0 saturated heterocycles. The molecule has 1 aromatic rings. The fourth-order valence-corrected chi connectivity index (χ4v) is 1.74. The third-order valence-corrected chi connectivity index (χ3v) is 3.12. The summed E-state index contributed by atoms with van der Waals surface area (Å²) in [5, 5.41) is 5.27. The van der Waals surface area contributed by atoms with E-state index < -0.39 is 17.7 Å². The van der Waals surface area contributed by atoms with Gasteiger partial charge in [-0.1, -0.05) is 6.92 Å². The quantitative estimate of drug-likeness (QED) is 0.769.